The lowest BCUT2D eigenvalue weighted by atomic mass is 10.2. The lowest BCUT2D eigenvalue weighted by Gasteiger charge is -2.11. The van der Waals surface area contributed by atoms with Crippen LogP contribution in [-0.4, -0.2) is 40.0 Å². The van der Waals surface area contributed by atoms with Gasteiger partial charge < -0.3 is 0 Å². The monoisotopic (exact) mass is 465 g/mol. The normalized spacial score (nSPS) is 11.6. The van der Waals surface area contributed by atoms with E-state index < -0.39 is 11.7 Å². The maximum Gasteiger partial charge on any atom is 0.308 e. The number of rotatable bonds is 10. The first kappa shape index (κ1) is 23.2. The van der Waals surface area contributed by atoms with E-state index in [0.717, 1.165) is 24.1 Å². The molecule has 0 fully saturated rings. The zero-order valence-electron chi connectivity index (χ0n) is 19.0. The van der Waals surface area contributed by atoms with Gasteiger partial charge in [0.05, 0.1) is 12.2 Å². The highest BCUT2D eigenvalue weighted by molar-refractivity contribution is 5.58. The van der Waals surface area contributed by atoms with Crippen molar-refractivity contribution in [2.75, 3.05) is 0 Å². The van der Waals surface area contributed by atoms with Gasteiger partial charge in [-0.2, -0.15) is 14.0 Å². The zero-order valence-corrected chi connectivity index (χ0v) is 19.0. The SMILES string of the molecule is CCCCc1nc(C(F)(F)CCC)nn1Cc1ccc(-n2c(C#N)ccc2-c2nnn[nH]2)cc1. The summed E-state index contributed by atoms with van der Waals surface area (Å²) in [5, 5.41) is 27.6. The molecule has 0 saturated carbocycles. The van der Waals surface area contributed by atoms with Crippen molar-refractivity contribution < 1.29 is 8.78 Å². The van der Waals surface area contributed by atoms with Gasteiger partial charge in [-0.05, 0) is 53.1 Å². The Morgan fingerprint density at radius 3 is 2.53 bits per heavy atom. The van der Waals surface area contributed by atoms with Gasteiger partial charge >= 0.3 is 5.92 Å². The van der Waals surface area contributed by atoms with E-state index in [1.165, 1.54) is 0 Å². The Kier molecular flexibility index (Phi) is 6.77. The van der Waals surface area contributed by atoms with E-state index in [9.17, 15) is 14.0 Å². The number of alkyl halides is 2. The van der Waals surface area contributed by atoms with Crippen molar-refractivity contribution in [2.45, 2.75) is 58.4 Å². The molecule has 0 atom stereocenters. The summed E-state index contributed by atoms with van der Waals surface area (Å²) < 4.78 is 32.2. The number of aromatic amines is 1. The average molecular weight is 466 g/mol. The molecule has 0 radical (unpaired) electrons. The van der Waals surface area contributed by atoms with Crippen LogP contribution in [0.25, 0.3) is 17.2 Å². The number of unbranched alkanes of at least 4 members (excludes halogenated alkanes) is 1. The molecule has 0 saturated heterocycles. The van der Waals surface area contributed by atoms with Crippen molar-refractivity contribution in [3.05, 3.63) is 59.3 Å². The minimum atomic E-state index is -3.04. The summed E-state index contributed by atoms with van der Waals surface area (Å²) in [6, 6.07) is 13.1. The van der Waals surface area contributed by atoms with Crippen LogP contribution in [0, 0.1) is 11.3 Å². The van der Waals surface area contributed by atoms with Gasteiger partial charge in [-0.25, -0.2) is 14.8 Å². The molecule has 0 aliphatic carbocycles. The Bertz CT molecular complexity index is 1270. The lowest BCUT2D eigenvalue weighted by molar-refractivity contribution is -0.0232. The third-order valence-corrected chi connectivity index (χ3v) is 5.50. The lowest BCUT2D eigenvalue weighted by Crippen LogP contribution is -2.15. The highest BCUT2D eigenvalue weighted by Crippen LogP contribution is 2.31. The standard InChI is InChI=1S/C23H25F2N9/c1-3-5-6-20-27-22(23(24,25)13-4-2)30-33(20)15-16-7-9-17(10-8-16)34-18(14-26)11-12-19(34)21-28-31-32-29-21/h7-12H,3-6,13,15H2,1-2H3,(H,28,29,31,32). The molecule has 1 N–H and O–H groups in total. The van der Waals surface area contributed by atoms with E-state index in [2.05, 4.69) is 36.8 Å². The van der Waals surface area contributed by atoms with Crippen molar-refractivity contribution in [3.8, 4) is 23.3 Å². The summed E-state index contributed by atoms with van der Waals surface area (Å²) in [7, 11) is 0. The number of aromatic nitrogens is 8. The highest BCUT2D eigenvalue weighted by Gasteiger charge is 2.36. The number of nitrogens with zero attached hydrogens (tertiary/aromatic N) is 8. The fraction of sp³-hybridized carbons (Fsp3) is 0.391. The van der Waals surface area contributed by atoms with Crippen LogP contribution in [-0.2, 0) is 18.9 Å². The molecular formula is C23H25F2N9. The minimum Gasteiger partial charge on any atom is -0.298 e. The summed E-state index contributed by atoms with van der Waals surface area (Å²) in [6.45, 7) is 4.09. The topological polar surface area (TPSA) is 114 Å². The molecule has 176 valence electrons. The number of hydrogen-bond acceptors (Lipinski definition) is 6. The van der Waals surface area contributed by atoms with Crippen LogP contribution >= 0.6 is 0 Å². The first-order valence-corrected chi connectivity index (χ1v) is 11.2. The van der Waals surface area contributed by atoms with E-state index in [1.54, 1.807) is 28.3 Å². The van der Waals surface area contributed by atoms with Crippen LogP contribution < -0.4 is 0 Å². The third-order valence-electron chi connectivity index (χ3n) is 5.50. The van der Waals surface area contributed by atoms with Crippen molar-refractivity contribution in [2.24, 2.45) is 0 Å². The molecular weight excluding hydrogens is 440 g/mol. The Hall–Kier alpha value is -3.94. The second kappa shape index (κ2) is 9.91. The van der Waals surface area contributed by atoms with Gasteiger partial charge in [0.15, 0.2) is 5.82 Å². The molecule has 0 bridgehead atoms. The number of nitriles is 1. The van der Waals surface area contributed by atoms with Crippen LogP contribution in [0.2, 0.25) is 0 Å². The summed E-state index contributed by atoms with van der Waals surface area (Å²) in [5.74, 6) is -2.45. The zero-order chi connectivity index (χ0) is 24.1. The van der Waals surface area contributed by atoms with Crippen molar-refractivity contribution >= 4 is 0 Å². The molecule has 3 aromatic heterocycles. The van der Waals surface area contributed by atoms with Crippen LogP contribution in [0.15, 0.2) is 36.4 Å². The summed E-state index contributed by atoms with van der Waals surface area (Å²) in [6.07, 6.45) is 2.44. The van der Waals surface area contributed by atoms with Gasteiger partial charge in [-0.3, -0.25) is 4.57 Å². The third kappa shape index (κ3) is 4.71. The second-order valence-corrected chi connectivity index (χ2v) is 8.03. The number of aryl methyl sites for hydroxylation is 1. The van der Waals surface area contributed by atoms with Crippen LogP contribution in [0.4, 0.5) is 8.78 Å². The van der Waals surface area contributed by atoms with Crippen LogP contribution in [0.3, 0.4) is 0 Å². The Morgan fingerprint density at radius 1 is 1.09 bits per heavy atom. The second-order valence-electron chi connectivity index (χ2n) is 8.03. The molecule has 11 heteroatoms. The first-order chi connectivity index (χ1) is 16.5. The predicted octanol–water partition coefficient (Wildman–Crippen LogP) is 4.40. The quantitative estimate of drug-likeness (QED) is 0.371. The summed E-state index contributed by atoms with van der Waals surface area (Å²) in [5.41, 5.74) is 2.71. The molecule has 34 heavy (non-hydrogen) atoms. The average Bonchev–Trinajstić information content (AvgIpc) is 3.58. The van der Waals surface area contributed by atoms with E-state index in [1.807, 2.05) is 31.2 Å². The van der Waals surface area contributed by atoms with Crippen LogP contribution in [0.5, 0.6) is 0 Å². The van der Waals surface area contributed by atoms with E-state index >= 15 is 0 Å². The van der Waals surface area contributed by atoms with Crippen molar-refractivity contribution in [1.82, 2.24) is 40.0 Å². The Balaban J connectivity index is 1.62. The highest BCUT2D eigenvalue weighted by atomic mass is 19.3. The number of nitrogens with one attached hydrogen (secondary N) is 1. The molecule has 4 rings (SSSR count). The fourth-order valence-electron chi connectivity index (χ4n) is 3.78. The van der Waals surface area contributed by atoms with Crippen molar-refractivity contribution in [3.63, 3.8) is 0 Å². The first-order valence-electron chi connectivity index (χ1n) is 11.2. The summed E-state index contributed by atoms with van der Waals surface area (Å²) >= 11 is 0. The van der Waals surface area contributed by atoms with Gasteiger partial charge in [0.2, 0.25) is 5.82 Å². The maximum absolute atomic E-state index is 14.5. The molecule has 1 aromatic carbocycles. The van der Waals surface area contributed by atoms with Crippen LogP contribution in [0.1, 0.15) is 62.4 Å². The van der Waals surface area contributed by atoms with Gasteiger partial charge in [-0.15, -0.1) is 10.2 Å². The van der Waals surface area contributed by atoms with Gasteiger partial charge in [0.1, 0.15) is 17.6 Å². The molecule has 4 aromatic rings. The van der Waals surface area contributed by atoms with E-state index in [-0.39, 0.29) is 6.42 Å². The largest absolute Gasteiger partial charge is 0.308 e. The van der Waals surface area contributed by atoms with Gasteiger partial charge in [0.25, 0.3) is 0 Å². The molecule has 3 heterocycles. The molecule has 0 aliphatic rings. The molecule has 0 unspecified atom stereocenters. The number of benzene rings is 1. The fourth-order valence-corrected chi connectivity index (χ4v) is 3.78. The number of H-pyrrole nitrogens is 1. The molecule has 0 spiro atoms. The Labute approximate surface area is 195 Å². The molecule has 0 aliphatic heterocycles. The Morgan fingerprint density at radius 2 is 1.88 bits per heavy atom. The maximum atomic E-state index is 14.5. The smallest absolute Gasteiger partial charge is 0.298 e. The minimum absolute atomic E-state index is 0.278. The summed E-state index contributed by atoms with van der Waals surface area (Å²) in [4.78, 5) is 4.19. The van der Waals surface area contributed by atoms with Crippen molar-refractivity contribution in [1.29, 1.82) is 5.26 Å². The predicted molar refractivity (Wildman–Crippen MR) is 120 cm³/mol. The van der Waals surface area contributed by atoms with E-state index in [4.69, 9.17) is 0 Å². The number of halogens is 2. The molecule has 9 nitrogen and oxygen atoms in total. The molecule has 0 amide bonds. The van der Waals surface area contributed by atoms with Gasteiger partial charge in [-0.1, -0.05) is 32.4 Å². The van der Waals surface area contributed by atoms with Gasteiger partial charge in [0, 0.05) is 18.5 Å². The number of hydrogen-bond donors (Lipinski definition) is 1. The van der Waals surface area contributed by atoms with E-state index in [0.29, 0.717) is 42.4 Å². The number of tetrazole rings is 1.